The first-order valence-electron chi connectivity index (χ1n) is 8.62. The summed E-state index contributed by atoms with van der Waals surface area (Å²) >= 11 is 12.2. The van der Waals surface area contributed by atoms with Crippen molar-refractivity contribution >= 4 is 45.7 Å². The maximum absolute atomic E-state index is 12.8. The molecule has 0 atom stereocenters. The quantitative estimate of drug-likeness (QED) is 0.387. The second-order valence-electron chi connectivity index (χ2n) is 6.41. The van der Waals surface area contributed by atoms with Crippen LogP contribution in [0.2, 0.25) is 10.0 Å². The standard InChI is InChI=1S/C22H16Cl2N2O2/c1-13-10-14-8-9-25-21(14)18(11-13)22(27)26-16-4-7-20(19(24)12-16)28-17-5-2-15(23)3-6-17/h2-12,25H,1H3,(H,26,27). The largest absolute Gasteiger partial charge is 0.456 e. The third-order valence-electron chi connectivity index (χ3n) is 4.28. The topological polar surface area (TPSA) is 54.1 Å². The predicted molar refractivity (Wildman–Crippen MR) is 114 cm³/mol. The Morgan fingerprint density at radius 1 is 1.00 bits per heavy atom. The number of fused-ring (bicyclic) bond motifs is 1. The number of amides is 1. The fourth-order valence-electron chi connectivity index (χ4n) is 2.99. The van der Waals surface area contributed by atoms with Crippen molar-refractivity contribution in [1.82, 2.24) is 4.98 Å². The number of halogens is 2. The molecule has 0 unspecified atom stereocenters. The Balaban J connectivity index is 1.55. The fraction of sp³-hybridized carbons (Fsp3) is 0.0455. The summed E-state index contributed by atoms with van der Waals surface area (Å²) in [5.74, 6) is 0.903. The van der Waals surface area contributed by atoms with Crippen LogP contribution in [0.15, 0.2) is 66.9 Å². The van der Waals surface area contributed by atoms with Gasteiger partial charge in [-0.25, -0.2) is 0 Å². The molecule has 4 nitrogen and oxygen atoms in total. The number of carbonyl (C=O) groups excluding carboxylic acids is 1. The van der Waals surface area contributed by atoms with Gasteiger partial charge in [0.15, 0.2) is 0 Å². The molecule has 4 rings (SSSR count). The zero-order chi connectivity index (χ0) is 19.7. The van der Waals surface area contributed by atoms with Crippen LogP contribution in [0.5, 0.6) is 11.5 Å². The summed E-state index contributed by atoms with van der Waals surface area (Å²) in [7, 11) is 0. The van der Waals surface area contributed by atoms with Crippen molar-refractivity contribution in [3.05, 3.63) is 88.0 Å². The number of ether oxygens (including phenoxy) is 1. The van der Waals surface area contributed by atoms with Crippen molar-refractivity contribution in [2.75, 3.05) is 5.32 Å². The van der Waals surface area contributed by atoms with Gasteiger partial charge in [0.05, 0.1) is 16.1 Å². The number of benzene rings is 3. The molecule has 0 aliphatic carbocycles. The van der Waals surface area contributed by atoms with Crippen LogP contribution in [-0.4, -0.2) is 10.9 Å². The first kappa shape index (κ1) is 18.4. The van der Waals surface area contributed by atoms with E-state index in [1.54, 1.807) is 42.5 Å². The van der Waals surface area contributed by atoms with E-state index in [0.29, 0.717) is 32.8 Å². The molecule has 0 bridgehead atoms. The van der Waals surface area contributed by atoms with Gasteiger partial charge < -0.3 is 15.0 Å². The Labute approximate surface area is 172 Å². The molecule has 140 valence electrons. The lowest BCUT2D eigenvalue weighted by Gasteiger charge is -2.11. The van der Waals surface area contributed by atoms with E-state index in [4.69, 9.17) is 27.9 Å². The lowest BCUT2D eigenvalue weighted by molar-refractivity contribution is 0.102. The maximum atomic E-state index is 12.8. The Bertz CT molecular complexity index is 1170. The van der Waals surface area contributed by atoms with Crippen LogP contribution in [0.25, 0.3) is 10.9 Å². The Hall–Kier alpha value is -2.95. The molecule has 0 spiro atoms. The molecule has 1 heterocycles. The highest BCUT2D eigenvalue weighted by Crippen LogP contribution is 2.32. The van der Waals surface area contributed by atoms with E-state index in [-0.39, 0.29) is 5.91 Å². The van der Waals surface area contributed by atoms with Crippen LogP contribution in [0, 0.1) is 6.92 Å². The van der Waals surface area contributed by atoms with Gasteiger partial charge >= 0.3 is 0 Å². The third kappa shape index (κ3) is 3.84. The van der Waals surface area contributed by atoms with E-state index in [0.717, 1.165) is 16.5 Å². The van der Waals surface area contributed by atoms with Crippen LogP contribution in [0.1, 0.15) is 15.9 Å². The van der Waals surface area contributed by atoms with Crippen molar-refractivity contribution in [2.45, 2.75) is 6.92 Å². The molecular formula is C22H16Cl2N2O2. The van der Waals surface area contributed by atoms with Crippen molar-refractivity contribution in [3.8, 4) is 11.5 Å². The summed E-state index contributed by atoms with van der Waals surface area (Å²) in [6.07, 6.45) is 1.82. The van der Waals surface area contributed by atoms with Crippen LogP contribution < -0.4 is 10.1 Å². The zero-order valence-electron chi connectivity index (χ0n) is 14.9. The molecule has 1 amide bonds. The molecule has 28 heavy (non-hydrogen) atoms. The van der Waals surface area contributed by atoms with Gasteiger partial charge in [-0.15, -0.1) is 0 Å². The van der Waals surface area contributed by atoms with Gasteiger partial charge in [0.25, 0.3) is 5.91 Å². The van der Waals surface area contributed by atoms with Gasteiger partial charge in [0.1, 0.15) is 11.5 Å². The molecule has 4 aromatic rings. The number of nitrogens with one attached hydrogen (secondary N) is 2. The van der Waals surface area contributed by atoms with E-state index >= 15 is 0 Å². The minimum Gasteiger partial charge on any atom is -0.456 e. The molecule has 2 N–H and O–H groups in total. The van der Waals surface area contributed by atoms with Gasteiger partial charge in [0.2, 0.25) is 0 Å². The Kier molecular flexibility index (Phi) is 4.99. The van der Waals surface area contributed by atoms with Crippen LogP contribution in [-0.2, 0) is 0 Å². The van der Waals surface area contributed by atoms with Gasteiger partial charge in [-0.2, -0.15) is 0 Å². The van der Waals surface area contributed by atoms with Crippen molar-refractivity contribution in [1.29, 1.82) is 0 Å². The van der Waals surface area contributed by atoms with Gasteiger partial charge in [0, 0.05) is 22.3 Å². The minimum absolute atomic E-state index is 0.210. The molecule has 6 heteroatoms. The van der Waals surface area contributed by atoms with Crippen LogP contribution >= 0.6 is 23.2 Å². The monoisotopic (exact) mass is 410 g/mol. The third-order valence-corrected chi connectivity index (χ3v) is 4.83. The van der Waals surface area contributed by atoms with Crippen LogP contribution in [0.3, 0.4) is 0 Å². The first-order chi connectivity index (χ1) is 13.5. The highest BCUT2D eigenvalue weighted by molar-refractivity contribution is 6.32. The second-order valence-corrected chi connectivity index (χ2v) is 7.25. The lowest BCUT2D eigenvalue weighted by atomic mass is 10.1. The lowest BCUT2D eigenvalue weighted by Crippen LogP contribution is -2.12. The smallest absolute Gasteiger partial charge is 0.257 e. The number of aromatic nitrogens is 1. The normalized spacial score (nSPS) is 10.8. The summed E-state index contributed by atoms with van der Waals surface area (Å²) in [4.78, 5) is 15.9. The molecule has 0 saturated carbocycles. The van der Waals surface area contributed by atoms with E-state index in [1.165, 1.54) is 0 Å². The Morgan fingerprint density at radius 3 is 2.54 bits per heavy atom. The average molecular weight is 411 g/mol. The van der Waals surface area contributed by atoms with Gasteiger partial charge in [-0.3, -0.25) is 4.79 Å². The zero-order valence-corrected chi connectivity index (χ0v) is 16.4. The second kappa shape index (κ2) is 7.58. The van der Waals surface area contributed by atoms with Crippen molar-refractivity contribution < 1.29 is 9.53 Å². The summed E-state index contributed by atoms with van der Waals surface area (Å²) in [5, 5.41) is 4.90. The van der Waals surface area contributed by atoms with E-state index < -0.39 is 0 Å². The molecular weight excluding hydrogens is 395 g/mol. The number of anilines is 1. The maximum Gasteiger partial charge on any atom is 0.257 e. The van der Waals surface area contributed by atoms with Crippen molar-refractivity contribution in [2.24, 2.45) is 0 Å². The van der Waals surface area contributed by atoms with Crippen molar-refractivity contribution in [3.63, 3.8) is 0 Å². The van der Waals surface area contributed by atoms with E-state index in [9.17, 15) is 4.79 Å². The SMILES string of the molecule is Cc1cc(C(=O)Nc2ccc(Oc3ccc(Cl)cc3)c(Cl)c2)c2[nH]ccc2c1. The number of aromatic amines is 1. The van der Waals surface area contributed by atoms with Gasteiger partial charge in [-0.05, 0) is 73.2 Å². The fourth-order valence-corrected chi connectivity index (χ4v) is 3.34. The number of hydrogen-bond donors (Lipinski definition) is 2. The summed E-state index contributed by atoms with van der Waals surface area (Å²) in [6.45, 7) is 1.96. The number of carbonyl (C=O) groups is 1. The highest BCUT2D eigenvalue weighted by atomic mass is 35.5. The molecule has 3 aromatic carbocycles. The highest BCUT2D eigenvalue weighted by Gasteiger charge is 2.13. The van der Waals surface area contributed by atoms with E-state index in [1.807, 2.05) is 31.3 Å². The first-order valence-corrected chi connectivity index (χ1v) is 9.37. The number of H-pyrrole nitrogens is 1. The minimum atomic E-state index is -0.210. The predicted octanol–water partition coefficient (Wildman–Crippen LogP) is 6.83. The molecule has 0 fully saturated rings. The van der Waals surface area contributed by atoms with Crippen LogP contribution in [0.4, 0.5) is 5.69 Å². The molecule has 0 aliphatic heterocycles. The summed E-state index contributed by atoms with van der Waals surface area (Å²) in [6, 6.07) is 17.9. The number of hydrogen-bond acceptors (Lipinski definition) is 2. The van der Waals surface area contributed by atoms with Gasteiger partial charge in [-0.1, -0.05) is 23.2 Å². The Morgan fingerprint density at radius 2 is 1.79 bits per heavy atom. The van der Waals surface area contributed by atoms with E-state index in [2.05, 4.69) is 10.3 Å². The average Bonchev–Trinajstić information content (AvgIpc) is 3.13. The molecule has 0 aliphatic rings. The molecule has 1 aromatic heterocycles. The summed E-state index contributed by atoms with van der Waals surface area (Å²) < 4.78 is 5.76. The summed E-state index contributed by atoms with van der Waals surface area (Å²) in [5.41, 5.74) is 2.98. The molecule has 0 saturated heterocycles. The number of rotatable bonds is 4. The molecule has 0 radical (unpaired) electrons. The number of aryl methyl sites for hydroxylation is 1.